The molecule has 154 valence electrons. The van der Waals surface area contributed by atoms with Crippen molar-refractivity contribution in [2.75, 3.05) is 11.9 Å². The molecule has 1 aromatic heterocycles. The van der Waals surface area contributed by atoms with E-state index in [0.29, 0.717) is 11.8 Å². The SMILES string of the molecule is Cc1ccc(-c2nnc(CN(C)C(=O)N3c4ccccc4Sc4ccccc43)o2)cc1. The Bertz CT molecular complexity index is 1210. The molecule has 0 unspecified atom stereocenters. The molecular formula is C24H20N4O2S. The van der Waals surface area contributed by atoms with Crippen molar-refractivity contribution < 1.29 is 9.21 Å². The first-order chi connectivity index (χ1) is 15.1. The summed E-state index contributed by atoms with van der Waals surface area (Å²) in [5.41, 5.74) is 3.76. The number of carbonyl (C=O) groups is 1. The van der Waals surface area contributed by atoms with Crippen LogP contribution in [0.1, 0.15) is 11.5 Å². The molecule has 0 spiro atoms. The summed E-state index contributed by atoms with van der Waals surface area (Å²) in [5, 5.41) is 8.28. The van der Waals surface area contributed by atoms with Crippen LogP contribution in [0, 0.1) is 6.92 Å². The maximum atomic E-state index is 13.5. The van der Waals surface area contributed by atoms with Gasteiger partial charge < -0.3 is 9.32 Å². The Labute approximate surface area is 184 Å². The highest BCUT2D eigenvalue weighted by atomic mass is 32.2. The number of anilines is 2. The first-order valence-corrected chi connectivity index (χ1v) is 10.7. The Kier molecular flexibility index (Phi) is 4.95. The van der Waals surface area contributed by atoms with Gasteiger partial charge in [-0.2, -0.15) is 0 Å². The highest BCUT2D eigenvalue weighted by Gasteiger charge is 2.30. The van der Waals surface area contributed by atoms with E-state index in [0.717, 1.165) is 32.3 Å². The maximum Gasteiger partial charge on any atom is 0.329 e. The minimum atomic E-state index is -0.157. The zero-order chi connectivity index (χ0) is 21.4. The lowest BCUT2D eigenvalue weighted by Crippen LogP contribution is -2.39. The average molecular weight is 429 g/mol. The lowest BCUT2D eigenvalue weighted by molar-refractivity contribution is 0.211. The van der Waals surface area contributed by atoms with Crippen molar-refractivity contribution in [3.8, 4) is 11.5 Å². The van der Waals surface area contributed by atoms with E-state index in [9.17, 15) is 4.79 Å². The lowest BCUT2D eigenvalue weighted by atomic mass is 10.1. The van der Waals surface area contributed by atoms with Crippen LogP contribution in [0.4, 0.5) is 16.2 Å². The van der Waals surface area contributed by atoms with Crippen molar-refractivity contribution in [3.63, 3.8) is 0 Å². The first kappa shape index (κ1) is 19.4. The highest BCUT2D eigenvalue weighted by molar-refractivity contribution is 7.99. The van der Waals surface area contributed by atoms with Gasteiger partial charge in [0, 0.05) is 22.4 Å². The van der Waals surface area contributed by atoms with Crippen LogP contribution in [0.15, 0.2) is 87.0 Å². The number of hydrogen-bond acceptors (Lipinski definition) is 5. The molecule has 0 saturated heterocycles. The number of nitrogens with zero attached hydrogens (tertiary/aromatic N) is 4. The highest BCUT2D eigenvalue weighted by Crippen LogP contribution is 2.48. The van der Waals surface area contributed by atoms with E-state index >= 15 is 0 Å². The van der Waals surface area contributed by atoms with Gasteiger partial charge in [0.1, 0.15) is 6.54 Å². The summed E-state index contributed by atoms with van der Waals surface area (Å²) in [5.74, 6) is 0.834. The molecule has 1 aliphatic rings. The number of hydrogen-bond donors (Lipinski definition) is 0. The van der Waals surface area contributed by atoms with Gasteiger partial charge >= 0.3 is 6.03 Å². The van der Waals surface area contributed by atoms with Crippen molar-refractivity contribution in [3.05, 3.63) is 84.3 Å². The number of amides is 2. The van der Waals surface area contributed by atoms with Crippen molar-refractivity contribution in [1.29, 1.82) is 0 Å². The van der Waals surface area contributed by atoms with Gasteiger partial charge in [0.15, 0.2) is 0 Å². The molecule has 1 aliphatic heterocycles. The fourth-order valence-electron chi connectivity index (χ4n) is 3.48. The molecule has 2 amide bonds. The third-order valence-electron chi connectivity index (χ3n) is 5.09. The van der Waals surface area contributed by atoms with Crippen LogP contribution in [0.3, 0.4) is 0 Å². The Balaban J connectivity index is 1.41. The quantitative estimate of drug-likeness (QED) is 0.407. The summed E-state index contributed by atoms with van der Waals surface area (Å²) in [7, 11) is 1.74. The number of urea groups is 1. The van der Waals surface area contributed by atoms with Crippen LogP contribution < -0.4 is 4.90 Å². The molecule has 0 fully saturated rings. The molecule has 0 saturated carbocycles. The molecule has 7 heteroatoms. The second-order valence-electron chi connectivity index (χ2n) is 7.38. The van der Waals surface area contributed by atoms with Crippen molar-refractivity contribution >= 4 is 29.2 Å². The number of carbonyl (C=O) groups excluding carboxylic acids is 1. The summed E-state index contributed by atoms with van der Waals surface area (Å²) in [4.78, 5) is 18.9. The molecule has 5 rings (SSSR count). The van der Waals surface area contributed by atoms with E-state index in [4.69, 9.17) is 4.42 Å². The van der Waals surface area contributed by atoms with Gasteiger partial charge in [0.2, 0.25) is 11.8 Å². The van der Waals surface area contributed by atoms with E-state index in [1.54, 1.807) is 28.6 Å². The zero-order valence-electron chi connectivity index (χ0n) is 17.1. The predicted molar refractivity (Wildman–Crippen MR) is 120 cm³/mol. The summed E-state index contributed by atoms with van der Waals surface area (Å²) in [6, 6.07) is 23.6. The fraction of sp³-hybridized carbons (Fsp3) is 0.125. The maximum absolute atomic E-state index is 13.5. The smallest absolute Gasteiger partial charge is 0.329 e. The van der Waals surface area contributed by atoms with Crippen molar-refractivity contribution in [1.82, 2.24) is 15.1 Å². The Hall–Kier alpha value is -3.58. The molecule has 4 aromatic rings. The van der Waals surface area contributed by atoms with Crippen LogP contribution in [0.2, 0.25) is 0 Å². The summed E-state index contributed by atoms with van der Waals surface area (Å²) >= 11 is 1.67. The van der Waals surface area contributed by atoms with Gasteiger partial charge in [-0.05, 0) is 43.3 Å². The first-order valence-electron chi connectivity index (χ1n) is 9.91. The average Bonchev–Trinajstić information content (AvgIpc) is 3.25. The number of rotatable bonds is 3. The fourth-order valence-corrected chi connectivity index (χ4v) is 4.54. The van der Waals surface area contributed by atoms with E-state index in [2.05, 4.69) is 10.2 Å². The predicted octanol–water partition coefficient (Wildman–Crippen LogP) is 5.90. The molecule has 31 heavy (non-hydrogen) atoms. The van der Waals surface area contributed by atoms with Crippen molar-refractivity contribution in [2.45, 2.75) is 23.3 Å². The number of benzene rings is 3. The second-order valence-corrected chi connectivity index (χ2v) is 8.46. The summed E-state index contributed by atoms with van der Waals surface area (Å²) in [6.07, 6.45) is 0. The standard InChI is InChI=1S/C24H20N4O2S/c1-16-11-13-17(14-12-16)23-26-25-22(30-23)15-27(2)24(29)28-18-7-3-5-9-20(18)31-21-10-6-4-8-19(21)28/h3-14H,15H2,1-2H3. The van der Waals surface area contributed by atoms with Crippen LogP contribution in [0.5, 0.6) is 0 Å². The van der Waals surface area contributed by atoms with Crippen LogP contribution in [0.25, 0.3) is 11.5 Å². The van der Waals surface area contributed by atoms with Gasteiger partial charge in [-0.3, -0.25) is 4.90 Å². The van der Waals surface area contributed by atoms with Gasteiger partial charge in [-0.25, -0.2) is 4.79 Å². The Morgan fingerprint density at radius 2 is 1.55 bits per heavy atom. The van der Waals surface area contributed by atoms with E-state index in [1.165, 1.54) is 0 Å². The van der Waals surface area contributed by atoms with Gasteiger partial charge in [-0.1, -0.05) is 53.7 Å². The lowest BCUT2D eigenvalue weighted by Gasteiger charge is -2.33. The zero-order valence-corrected chi connectivity index (χ0v) is 18.0. The Morgan fingerprint density at radius 1 is 0.935 bits per heavy atom. The molecule has 0 atom stereocenters. The van der Waals surface area contributed by atoms with Crippen LogP contribution >= 0.6 is 11.8 Å². The number of fused-ring (bicyclic) bond motifs is 2. The normalized spacial score (nSPS) is 12.3. The molecular weight excluding hydrogens is 408 g/mol. The topological polar surface area (TPSA) is 62.5 Å². The van der Waals surface area contributed by atoms with Gasteiger partial charge in [-0.15, -0.1) is 10.2 Å². The van der Waals surface area contributed by atoms with E-state index in [1.807, 2.05) is 79.7 Å². The van der Waals surface area contributed by atoms with Crippen molar-refractivity contribution in [2.24, 2.45) is 0 Å². The monoisotopic (exact) mass is 428 g/mol. The number of aromatic nitrogens is 2. The molecule has 0 radical (unpaired) electrons. The van der Waals surface area contributed by atoms with Gasteiger partial charge in [0.25, 0.3) is 0 Å². The summed E-state index contributed by atoms with van der Waals surface area (Å²) < 4.78 is 5.82. The third kappa shape index (κ3) is 3.68. The molecule has 0 bridgehead atoms. The molecule has 3 aromatic carbocycles. The molecule has 0 N–H and O–H groups in total. The van der Waals surface area contributed by atoms with Gasteiger partial charge in [0.05, 0.1) is 11.4 Å². The van der Waals surface area contributed by atoms with E-state index < -0.39 is 0 Å². The van der Waals surface area contributed by atoms with E-state index in [-0.39, 0.29) is 12.6 Å². The van der Waals surface area contributed by atoms with Crippen LogP contribution in [-0.4, -0.2) is 28.2 Å². The second kappa shape index (κ2) is 7.92. The minimum Gasteiger partial charge on any atom is -0.419 e. The number of aryl methyl sites for hydroxylation is 1. The Morgan fingerprint density at radius 3 is 2.19 bits per heavy atom. The molecule has 0 aliphatic carbocycles. The third-order valence-corrected chi connectivity index (χ3v) is 6.22. The largest absolute Gasteiger partial charge is 0.419 e. The summed E-state index contributed by atoms with van der Waals surface area (Å²) in [6.45, 7) is 2.24. The number of para-hydroxylation sites is 2. The minimum absolute atomic E-state index is 0.157. The molecule has 6 nitrogen and oxygen atoms in total. The van der Waals surface area contributed by atoms with Crippen LogP contribution in [-0.2, 0) is 6.54 Å². The molecule has 2 heterocycles.